The first-order valence-electron chi connectivity index (χ1n) is 5.11. The van der Waals surface area contributed by atoms with E-state index in [2.05, 4.69) is 11.0 Å². The van der Waals surface area contributed by atoms with Crippen LogP contribution in [0.2, 0.25) is 0 Å². The van der Waals surface area contributed by atoms with Crippen LogP contribution in [0.25, 0.3) is 0 Å². The largest absolute Gasteiger partial charge is 0.380 e. The number of nitrogens with zero attached hydrogens (tertiary/aromatic N) is 2. The van der Waals surface area contributed by atoms with Gasteiger partial charge in [-0.25, -0.2) is 0 Å². The van der Waals surface area contributed by atoms with Gasteiger partial charge in [-0.3, -0.25) is 0 Å². The molecule has 1 unspecified atom stereocenters. The third kappa shape index (κ3) is 2.11. The van der Waals surface area contributed by atoms with Crippen molar-refractivity contribution in [2.75, 3.05) is 25.1 Å². The molecule has 0 radical (unpaired) electrons. The van der Waals surface area contributed by atoms with E-state index in [1.54, 1.807) is 7.11 Å². The minimum absolute atomic E-state index is 0.348. The number of anilines is 1. The van der Waals surface area contributed by atoms with Crippen LogP contribution in [0.5, 0.6) is 0 Å². The molecule has 3 heteroatoms. The predicted octanol–water partition coefficient (Wildman–Crippen LogP) is 1.78. The number of hydrogen-bond acceptors (Lipinski definition) is 3. The summed E-state index contributed by atoms with van der Waals surface area (Å²) in [6, 6.07) is 9.83. The summed E-state index contributed by atoms with van der Waals surface area (Å²) in [4.78, 5) is 2.29. The number of nitriles is 1. The van der Waals surface area contributed by atoms with E-state index in [0.29, 0.717) is 11.7 Å². The molecule has 3 nitrogen and oxygen atoms in total. The molecule has 1 aliphatic heterocycles. The highest BCUT2D eigenvalue weighted by atomic mass is 16.5. The highest BCUT2D eigenvalue weighted by molar-refractivity contribution is 5.50. The first-order chi connectivity index (χ1) is 7.33. The second kappa shape index (κ2) is 4.33. The molecule has 1 atom stereocenters. The van der Waals surface area contributed by atoms with Crippen LogP contribution in [-0.2, 0) is 4.74 Å². The number of hydrogen-bond donors (Lipinski definition) is 0. The molecule has 78 valence electrons. The average molecular weight is 202 g/mol. The summed E-state index contributed by atoms with van der Waals surface area (Å²) in [6.45, 7) is 1.98. The number of ether oxygens (including phenoxy) is 1. The molecule has 1 fully saturated rings. The molecule has 0 aliphatic carbocycles. The van der Waals surface area contributed by atoms with Crippen LogP contribution >= 0.6 is 0 Å². The maximum atomic E-state index is 8.69. The lowest BCUT2D eigenvalue weighted by Gasteiger charge is -2.18. The van der Waals surface area contributed by atoms with Crippen molar-refractivity contribution in [3.63, 3.8) is 0 Å². The van der Waals surface area contributed by atoms with Gasteiger partial charge < -0.3 is 9.64 Å². The van der Waals surface area contributed by atoms with Crippen LogP contribution in [0.15, 0.2) is 24.3 Å². The molecule has 1 aliphatic rings. The SMILES string of the molecule is COC1CCN(c2ccc(C#N)cc2)C1. The van der Waals surface area contributed by atoms with Gasteiger partial charge >= 0.3 is 0 Å². The molecule has 0 N–H and O–H groups in total. The molecule has 1 heterocycles. The van der Waals surface area contributed by atoms with E-state index in [1.165, 1.54) is 5.69 Å². The van der Waals surface area contributed by atoms with Crippen LogP contribution in [0.4, 0.5) is 5.69 Å². The first kappa shape index (κ1) is 10.0. The van der Waals surface area contributed by atoms with Crippen LogP contribution < -0.4 is 4.90 Å². The van der Waals surface area contributed by atoms with Gasteiger partial charge in [0.25, 0.3) is 0 Å². The molecular formula is C12H14N2O. The molecule has 0 spiro atoms. The van der Waals surface area contributed by atoms with E-state index in [-0.39, 0.29) is 0 Å². The Morgan fingerprint density at radius 2 is 2.13 bits per heavy atom. The number of methoxy groups -OCH3 is 1. The lowest BCUT2D eigenvalue weighted by atomic mass is 10.2. The third-order valence-corrected chi connectivity index (χ3v) is 2.84. The van der Waals surface area contributed by atoms with Crippen molar-refractivity contribution in [3.8, 4) is 6.07 Å². The number of benzene rings is 1. The number of rotatable bonds is 2. The van der Waals surface area contributed by atoms with Crippen molar-refractivity contribution in [1.29, 1.82) is 5.26 Å². The van der Waals surface area contributed by atoms with Gasteiger partial charge in [0.15, 0.2) is 0 Å². The zero-order valence-electron chi connectivity index (χ0n) is 8.81. The van der Waals surface area contributed by atoms with Crippen molar-refractivity contribution < 1.29 is 4.74 Å². The topological polar surface area (TPSA) is 36.3 Å². The summed E-state index contributed by atoms with van der Waals surface area (Å²) in [6.07, 6.45) is 1.43. The van der Waals surface area contributed by atoms with E-state index in [1.807, 2.05) is 24.3 Å². The van der Waals surface area contributed by atoms with Gasteiger partial charge in [-0.1, -0.05) is 0 Å². The Hall–Kier alpha value is -1.53. The fourth-order valence-corrected chi connectivity index (χ4v) is 1.90. The Balaban J connectivity index is 2.08. The first-order valence-corrected chi connectivity index (χ1v) is 5.11. The average Bonchev–Trinajstić information content (AvgIpc) is 2.78. The Morgan fingerprint density at radius 3 is 2.67 bits per heavy atom. The molecular weight excluding hydrogens is 188 g/mol. The van der Waals surface area contributed by atoms with Crippen molar-refractivity contribution in [2.24, 2.45) is 0 Å². The highest BCUT2D eigenvalue weighted by Crippen LogP contribution is 2.21. The van der Waals surface area contributed by atoms with Gasteiger partial charge in [0.2, 0.25) is 0 Å². The van der Waals surface area contributed by atoms with Gasteiger partial charge in [0, 0.05) is 25.9 Å². The summed E-state index contributed by atoms with van der Waals surface area (Å²) < 4.78 is 5.31. The van der Waals surface area contributed by atoms with Crippen LogP contribution in [0.1, 0.15) is 12.0 Å². The minimum atomic E-state index is 0.348. The van der Waals surface area contributed by atoms with Crippen LogP contribution in [0, 0.1) is 11.3 Å². The van der Waals surface area contributed by atoms with E-state index >= 15 is 0 Å². The summed E-state index contributed by atoms with van der Waals surface area (Å²) in [7, 11) is 1.76. The van der Waals surface area contributed by atoms with Gasteiger partial charge in [0.1, 0.15) is 0 Å². The monoisotopic (exact) mass is 202 g/mol. The zero-order valence-corrected chi connectivity index (χ0v) is 8.81. The predicted molar refractivity (Wildman–Crippen MR) is 58.8 cm³/mol. The Bertz CT molecular complexity index is 366. The molecule has 1 aromatic rings. The normalized spacial score (nSPS) is 20.3. The standard InChI is InChI=1S/C12H14N2O/c1-15-12-6-7-14(9-12)11-4-2-10(8-13)3-5-11/h2-5,12H,6-7,9H2,1H3. The summed E-state index contributed by atoms with van der Waals surface area (Å²) in [5.41, 5.74) is 1.88. The van der Waals surface area contributed by atoms with Gasteiger partial charge in [0.05, 0.1) is 17.7 Å². The molecule has 15 heavy (non-hydrogen) atoms. The third-order valence-electron chi connectivity index (χ3n) is 2.84. The van der Waals surface area contributed by atoms with E-state index in [0.717, 1.165) is 19.5 Å². The Kier molecular flexibility index (Phi) is 2.89. The lowest BCUT2D eigenvalue weighted by molar-refractivity contribution is 0.121. The van der Waals surface area contributed by atoms with Gasteiger partial charge in [-0.15, -0.1) is 0 Å². The van der Waals surface area contributed by atoms with Gasteiger partial charge in [-0.05, 0) is 30.7 Å². The molecule has 1 saturated heterocycles. The van der Waals surface area contributed by atoms with Crippen LogP contribution in [0.3, 0.4) is 0 Å². The quantitative estimate of drug-likeness (QED) is 0.733. The van der Waals surface area contributed by atoms with Crippen LogP contribution in [-0.4, -0.2) is 26.3 Å². The summed E-state index contributed by atoms with van der Waals surface area (Å²) in [5.74, 6) is 0. The van der Waals surface area contributed by atoms with Crippen molar-refractivity contribution in [3.05, 3.63) is 29.8 Å². The molecule has 1 aromatic carbocycles. The Morgan fingerprint density at radius 1 is 1.40 bits per heavy atom. The van der Waals surface area contributed by atoms with E-state index in [4.69, 9.17) is 10.00 Å². The van der Waals surface area contributed by atoms with Crippen molar-refractivity contribution in [1.82, 2.24) is 0 Å². The molecule has 2 rings (SSSR count). The van der Waals surface area contributed by atoms with Crippen molar-refractivity contribution in [2.45, 2.75) is 12.5 Å². The fourth-order valence-electron chi connectivity index (χ4n) is 1.90. The molecule has 0 aromatic heterocycles. The smallest absolute Gasteiger partial charge is 0.0991 e. The Labute approximate surface area is 89.9 Å². The van der Waals surface area contributed by atoms with Gasteiger partial charge in [-0.2, -0.15) is 5.26 Å². The summed E-state index contributed by atoms with van der Waals surface area (Å²) in [5, 5.41) is 8.69. The molecule has 0 saturated carbocycles. The zero-order chi connectivity index (χ0) is 10.7. The maximum absolute atomic E-state index is 8.69. The lowest BCUT2D eigenvalue weighted by Crippen LogP contribution is -2.21. The second-order valence-corrected chi connectivity index (χ2v) is 3.75. The summed E-state index contributed by atoms with van der Waals surface area (Å²) >= 11 is 0. The molecule has 0 amide bonds. The highest BCUT2D eigenvalue weighted by Gasteiger charge is 2.21. The van der Waals surface area contributed by atoms with E-state index in [9.17, 15) is 0 Å². The van der Waals surface area contributed by atoms with E-state index < -0.39 is 0 Å². The maximum Gasteiger partial charge on any atom is 0.0991 e. The van der Waals surface area contributed by atoms with Crippen molar-refractivity contribution >= 4 is 5.69 Å². The minimum Gasteiger partial charge on any atom is -0.380 e. The second-order valence-electron chi connectivity index (χ2n) is 3.75. The fraction of sp³-hybridized carbons (Fsp3) is 0.417. The molecule has 0 bridgehead atoms.